The van der Waals surface area contributed by atoms with E-state index in [-0.39, 0.29) is 5.41 Å². The Morgan fingerprint density at radius 3 is 2.26 bits per heavy atom. The monoisotopic (exact) mass is 487 g/mol. The minimum absolute atomic E-state index is 0.0400. The van der Waals surface area contributed by atoms with Crippen molar-refractivity contribution in [1.29, 1.82) is 0 Å². The first-order valence-corrected chi connectivity index (χ1v) is 13.7. The molecule has 2 aliphatic rings. The van der Waals surface area contributed by atoms with Crippen LogP contribution in [0.15, 0.2) is 109 Å². The van der Waals surface area contributed by atoms with Crippen LogP contribution < -0.4 is 0 Å². The van der Waals surface area contributed by atoms with Crippen molar-refractivity contribution >= 4 is 27.9 Å². The highest BCUT2D eigenvalue weighted by molar-refractivity contribution is 6.12. The second-order valence-electron chi connectivity index (χ2n) is 11.3. The van der Waals surface area contributed by atoms with E-state index in [9.17, 15) is 0 Å². The molecule has 0 saturated heterocycles. The van der Waals surface area contributed by atoms with Gasteiger partial charge in [0.05, 0.1) is 16.7 Å². The molecule has 38 heavy (non-hydrogen) atoms. The molecule has 1 nitrogen and oxygen atoms in total. The van der Waals surface area contributed by atoms with E-state index in [2.05, 4.69) is 134 Å². The van der Waals surface area contributed by atoms with Crippen LogP contribution in [0.25, 0.3) is 55.8 Å². The molecule has 0 saturated carbocycles. The summed E-state index contributed by atoms with van der Waals surface area (Å²) in [7, 11) is 0. The van der Waals surface area contributed by atoms with Gasteiger partial charge in [-0.1, -0.05) is 98.8 Å². The number of aromatic nitrogens is 1. The van der Waals surface area contributed by atoms with Crippen molar-refractivity contribution in [2.75, 3.05) is 0 Å². The Morgan fingerprint density at radius 2 is 1.37 bits per heavy atom. The van der Waals surface area contributed by atoms with Crippen LogP contribution in [0.1, 0.15) is 42.5 Å². The van der Waals surface area contributed by atoms with Crippen LogP contribution in [-0.4, -0.2) is 4.57 Å². The number of benzene rings is 5. The molecular formula is C37H29N. The second kappa shape index (κ2) is 7.82. The number of fused-ring (bicyclic) bond motifs is 6. The SMILES string of the molecule is CC1(C)c2ccccc2-n2c3ccc(-c4cccc(-c5ccc6c(c5)C=CCC6)c4)cc3c3cccc1c32. The predicted octanol–water partition coefficient (Wildman–Crippen LogP) is 9.72. The third kappa shape index (κ3) is 2.99. The van der Waals surface area contributed by atoms with Gasteiger partial charge in [0.1, 0.15) is 0 Å². The summed E-state index contributed by atoms with van der Waals surface area (Å²) >= 11 is 0. The molecule has 0 amide bonds. The maximum Gasteiger partial charge on any atom is 0.0582 e. The third-order valence-electron chi connectivity index (χ3n) is 8.83. The van der Waals surface area contributed by atoms with E-state index in [0.717, 1.165) is 12.8 Å². The van der Waals surface area contributed by atoms with Gasteiger partial charge in [0.2, 0.25) is 0 Å². The Kier molecular flexibility index (Phi) is 4.47. The molecule has 0 N–H and O–H groups in total. The summed E-state index contributed by atoms with van der Waals surface area (Å²) in [5, 5.41) is 2.65. The standard InChI is InChI=1S/C37H29N/c1-37(2)32-14-5-6-16-35(32)38-34-20-19-29(23-31(34)30-13-8-15-33(37)36(30)38)27-12-7-11-26(22-27)28-18-17-24-9-3-4-10-25(24)21-28/h4-8,10-23H,3,9H2,1-2H3. The first-order chi connectivity index (χ1) is 18.6. The Bertz CT molecular complexity index is 1950. The molecular weight excluding hydrogens is 458 g/mol. The van der Waals surface area contributed by atoms with Gasteiger partial charge in [-0.25, -0.2) is 0 Å². The van der Waals surface area contributed by atoms with Gasteiger partial charge in [-0.15, -0.1) is 0 Å². The number of hydrogen-bond donors (Lipinski definition) is 0. The van der Waals surface area contributed by atoms with Crippen LogP contribution in [-0.2, 0) is 11.8 Å². The highest BCUT2D eigenvalue weighted by atomic mass is 15.0. The van der Waals surface area contributed by atoms with Crippen molar-refractivity contribution in [2.45, 2.75) is 32.1 Å². The van der Waals surface area contributed by atoms with E-state index < -0.39 is 0 Å². The van der Waals surface area contributed by atoms with Gasteiger partial charge in [-0.2, -0.15) is 0 Å². The van der Waals surface area contributed by atoms with Gasteiger partial charge in [0.25, 0.3) is 0 Å². The molecule has 8 rings (SSSR count). The Labute approximate surface area is 223 Å². The van der Waals surface area contributed by atoms with Crippen LogP contribution in [0.4, 0.5) is 0 Å². The maximum atomic E-state index is 2.49. The maximum absolute atomic E-state index is 2.49. The molecule has 5 aromatic carbocycles. The Balaban J connectivity index is 1.31. The highest BCUT2D eigenvalue weighted by Crippen LogP contribution is 2.47. The molecule has 182 valence electrons. The zero-order chi connectivity index (χ0) is 25.4. The van der Waals surface area contributed by atoms with E-state index in [1.807, 2.05) is 0 Å². The molecule has 0 bridgehead atoms. The van der Waals surface area contributed by atoms with E-state index >= 15 is 0 Å². The van der Waals surface area contributed by atoms with Gasteiger partial charge >= 0.3 is 0 Å². The lowest BCUT2D eigenvalue weighted by Gasteiger charge is -2.34. The molecule has 0 atom stereocenters. The summed E-state index contributed by atoms with van der Waals surface area (Å²) in [5.74, 6) is 0. The van der Waals surface area contributed by atoms with Crippen molar-refractivity contribution in [3.8, 4) is 27.9 Å². The van der Waals surface area contributed by atoms with Crippen LogP contribution >= 0.6 is 0 Å². The van der Waals surface area contributed by atoms with Crippen LogP contribution in [0.3, 0.4) is 0 Å². The number of nitrogens with zero attached hydrogens (tertiary/aromatic N) is 1. The fourth-order valence-electron chi connectivity index (χ4n) is 6.83. The summed E-state index contributed by atoms with van der Waals surface area (Å²) in [6, 6.07) is 38.7. The van der Waals surface area contributed by atoms with Crippen LogP contribution in [0.2, 0.25) is 0 Å². The predicted molar refractivity (Wildman–Crippen MR) is 161 cm³/mol. The molecule has 1 aromatic heterocycles. The normalized spacial score (nSPS) is 15.0. The van der Waals surface area contributed by atoms with E-state index in [1.54, 1.807) is 0 Å². The summed E-state index contributed by atoms with van der Waals surface area (Å²) in [5.41, 5.74) is 14.5. The summed E-state index contributed by atoms with van der Waals surface area (Å²) < 4.78 is 2.49. The van der Waals surface area contributed by atoms with E-state index in [1.165, 1.54) is 72.0 Å². The van der Waals surface area contributed by atoms with Crippen LogP contribution in [0, 0.1) is 0 Å². The quantitative estimate of drug-likeness (QED) is 0.229. The summed E-state index contributed by atoms with van der Waals surface area (Å²) in [4.78, 5) is 0. The smallest absolute Gasteiger partial charge is 0.0582 e. The summed E-state index contributed by atoms with van der Waals surface area (Å²) in [6.45, 7) is 4.71. The Hall–Kier alpha value is -4.36. The molecule has 1 heteroatoms. The largest absolute Gasteiger partial charge is 0.309 e. The molecule has 2 heterocycles. The van der Waals surface area contributed by atoms with E-state index in [0.29, 0.717) is 0 Å². The molecule has 0 spiro atoms. The first-order valence-electron chi connectivity index (χ1n) is 13.7. The lowest BCUT2D eigenvalue weighted by atomic mass is 9.75. The number of hydrogen-bond acceptors (Lipinski definition) is 0. The van der Waals surface area contributed by atoms with Crippen molar-refractivity contribution in [2.24, 2.45) is 0 Å². The Morgan fingerprint density at radius 1 is 0.632 bits per heavy atom. The van der Waals surface area contributed by atoms with Gasteiger partial charge in [-0.3, -0.25) is 0 Å². The highest BCUT2D eigenvalue weighted by Gasteiger charge is 2.34. The number of rotatable bonds is 2. The van der Waals surface area contributed by atoms with Gasteiger partial charge in [0, 0.05) is 16.2 Å². The molecule has 0 fully saturated rings. The lowest BCUT2D eigenvalue weighted by Crippen LogP contribution is -2.26. The zero-order valence-corrected chi connectivity index (χ0v) is 21.8. The molecule has 1 aliphatic carbocycles. The number of allylic oxidation sites excluding steroid dienone is 1. The first kappa shape index (κ1) is 21.7. The van der Waals surface area contributed by atoms with Gasteiger partial charge < -0.3 is 4.57 Å². The summed E-state index contributed by atoms with van der Waals surface area (Å²) in [6.07, 6.45) is 6.85. The van der Waals surface area contributed by atoms with E-state index in [4.69, 9.17) is 0 Å². The van der Waals surface area contributed by atoms with Crippen molar-refractivity contribution in [3.63, 3.8) is 0 Å². The fourth-order valence-corrected chi connectivity index (χ4v) is 6.83. The zero-order valence-electron chi connectivity index (χ0n) is 21.8. The van der Waals surface area contributed by atoms with Gasteiger partial charge in [0.15, 0.2) is 0 Å². The minimum atomic E-state index is -0.0400. The van der Waals surface area contributed by atoms with Crippen molar-refractivity contribution in [3.05, 3.63) is 131 Å². The second-order valence-corrected chi connectivity index (χ2v) is 11.3. The molecule has 1 aliphatic heterocycles. The van der Waals surface area contributed by atoms with Crippen molar-refractivity contribution < 1.29 is 0 Å². The van der Waals surface area contributed by atoms with Crippen LogP contribution in [0.5, 0.6) is 0 Å². The average molecular weight is 488 g/mol. The van der Waals surface area contributed by atoms with Gasteiger partial charge in [-0.05, 0) is 87.7 Å². The topological polar surface area (TPSA) is 4.93 Å². The average Bonchev–Trinajstić information content (AvgIpc) is 3.30. The van der Waals surface area contributed by atoms with Crippen molar-refractivity contribution in [1.82, 2.24) is 4.57 Å². The number of para-hydroxylation sites is 2. The lowest BCUT2D eigenvalue weighted by molar-refractivity contribution is 0.630. The molecule has 0 radical (unpaired) electrons. The third-order valence-corrected chi connectivity index (χ3v) is 8.83. The minimum Gasteiger partial charge on any atom is -0.309 e. The number of aryl methyl sites for hydroxylation is 1. The molecule has 6 aromatic rings. The fraction of sp³-hybridized carbons (Fsp3) is 0.135. The molecule has 0 unspecified atom stereocenters.